The van der Waals surface area contributed by atoms with Crippen molar-refractivity contribution in [1.82, 2.24) is 0 Å². The molecule has 10 nitrogen and oxygen atoms in total. The van der Waals surface area contributed by atoms with Gasteiger partial charge in [-0.05, 0) is 57.3 Å². The Balaban J connectivity index is 2.04. The zero-order valence-corrected chi connectivity index (χ0v) is 25.6. The summed E-state index contributed by atoms with van der Waals surface area (Å²) in [4.78, 5) is 0. The van der Waals surface area contributed by atoms with Gasteiger partial charge in [0.25, 0.3) is 0 Å². The number of rotatable bonds is 26. The predicted molar refractivity (Wildman–Crippen MR) is 152 cm³/mol. The van der Waals surface area contributed by atoms with Crippen molar-refractivity contribution in [2.45, 2.75) is 0 Å². The van der Waals surface area contributed by atoms with Crippen LogP contribution in [0.15, 0.2) is 12.1 Å². The van der Waals surface area contributed by atoms with Crippen molar-refractivity contribution >= 4 is 45.2 Å². The Bertz CT molecular complexity index is 585. The Morgan fingerprint density at radius 3 is 0.944 bits per heavy atom. The van der Waals surface area contributed by atoms with Gasteiger partial charge in [-0.1, -0.05) is 0 Å². The zero-order valence-electron chi connectivity index (χ0n) is 21.3. The lowest BCUT2D eigenvalue weighted by molar-refractivity contribution is -0.0000127. The molecule has 0 heterocycles. The lowest BCUT2D eigenvalue weighted by Gasteiger charge is -2.13. The van der Waals surface area contributed by atoms with Gasteiger partial charge in [0.15, 0.2) is 0 Å². The molecule has 0 aliphatic heterocycles. The van der Waals surface area contributed by atoms with E-state index >= 15 is 0 Å². The monoisotopic (exact) mass is 742 g/mol. The second kappa shape index (κ2) is 25.2. The molecule has 12 heteroatoms. The van der Waals surface area contributed by atoms with E-state index < -0.39 is 0 Å². The van der Waals surface area contributed by atoms with Gasteiger partial charge in [-0.3, -0.25) is 0 Å². The van der Waals surface area contributed by atoms with E-state index in [1.54, 1.807) is 14.2 Å². The minimum atomic E-state index is 0.460. The van der Waals surface area contributed by atoms with Crippen molar-refractivity contribution in [2.24, 2.45) is 0 Å². The van der Waals surface area contributed by atoms with E-state index in [9.17, 15) is 0 Å². The van der Waals surface area contributed by atoms with Crippen LogP contribution in [0.4, 0.5) is 0 Å². The van der Waals surface area contributed by atoms with Gasteiger partial charge in [0.1, 0.15) is 24.7 Å². The molecule has 0 saturated heterocycles. The molecule has 0 saturated carbocycles. The molecule has 0 atom stereocenters. The number of hydrogen-bond donors (Lipinski definition) is 0. The maximum absolute atomic E-state index is 5.85. The highest BCUT2D eigenvalue weighted by Gasteiger charge is 2.09. The Hall–Kier alpha value is -0.0400. The molecule has 0 radical (unpaired) electrons. The highest BCUT2D eigenvalue weighted by atomic mass is 127. The summed E-state index contributed by atoms with van der Waals surface area (Å²) in [5, 5.41) is 0. The third-order valence-corrected chi connectivity index (χ3v) is 5.99. The third-order valence-electron chi connectivity index (χ3n) is 4.31. The summed E-state index contributed by atoms with van der Waals surface area (Å²) in [6.07, 6.45) is 0. The van der Waals surface area contributed by atoms with E-state index in [1.807, 2.05) is 12.1 Å². The van der Waals surface area contributed by atoms with E-state index in [1.165, 1.54) is 0 Å². The summed E-state index contributed by atoms with van der Waals surface area (Å²) < 4.78 is 56.1. The lowest BCUT2D eigenvalue weighted by Crippen LogP contribution is -2.14. The summed E-state index contributed by atoms with van der Waals surface area (Å²) in [7, 11) is 3.30. The maximum atomic E-state index is 5.85. The van der Waals surface area contributed by atoms with Crippen LogP contribution in [0.2, 0.25) is 0 Å². The van der Waals surface area contributed by atoms with Crippen LogP contribution in [0, 0.1) is 7.14 Å². The van der Waals surface area contributed by atoms with Crippen LogP contribution in [0.5, 0.6) is 11.5 Å². The molecule has 0 aromatic heterocycles. The zero-order chi connectivity index (χ0) is 26.1. The second-order valence-electron chi connectivity index (χ2n) is 7.07. The van der Waals surface area contributed by atoms with Gasteiger partial charge in [-0.2, -0.15) is 0 Å². The molecule has 1 rings (SSSR count). The van der Waals surface area contributed by atoms with Gasteiger partial charge in [0.05, 0.1) is 99.6 Å². The maximum Gasteiger partial charge on any atom is 0.134 e. The van der Waals surface area contributed by atoms with Crippen LogP contribution in [0.25, 0.3) is 0 Å². The van der Waals surface area contributed by atoms with E-state index in [0.29, 0.717) is 106 Å². The predicted octanol–water partition coefficient (Wildman–Crippen LogP) is 3.05. The average molecular weight is 742 g/mol. The van der Waals surface area contributed by atoms with Crippen LogP contribution in [0.3, 0.4) is 0 Å². The van der Waals surface area contributed by atoms with E-state index in [4.69, 9.17) is 47.4 Å². The van der Waals surface area contributed by atoms with Crippen LogP contribution in [-0.4, -0.2) is 120 Å². The van der Waals surface area contributed by atoms with Crippen molar-refractivity contribution in [3.63, 3.8) is 0 Å². The quantitative estimate of drug-likeness (QED) is 0.104. The Kier molecular flexibility index (Phi) is 23.8. The summed E-state index contributed by atoms with van der Waals surface area (Å²) in [6.45, 7) is 8.51. The average Bonchev–Trinajstić information content (AvgIpc) is 2.87. The van der Waals surface area contributed by atoms with Crippen LogP contribution in [0.1, 0.15) is 0 Å². The Morgan fingerprint density at radius 1 is 0.417 bits per heavy atom. The second-order valence-corrected chi connectivity index (χ2v) is 9.39. The molecule has 0 fully saturated rings. The van der Waals surface area contributed by atoms with Gasteiger partial charge < -0.3 is 47.4 Å². The van der Waals surface area contributed by atoms with Crippen molar-refractivity contribution in [3.8, 4) is 11.5 Å². The molecule has 0 aliphatic carbocycles. The summed E-state index contributed by atoms with van der Waals surface area (Å²) >= 11 is 4.48. The highest BCUT2D eigenvalue weighted by Crippen LogP contribution is 2.31. The summed E-state index contributed by atoms with van der Waals surface area (Å²) in [6, 6.07) is 3.93. The first kappa shape index (κ1) is 34.0. The molecular weight excluding hydrogens is 702 g/mol. The minimum Gasteiger partial charge on any atom is -0.490 e. The molecule has 0 aliphatic rings. The number of benzene rings is 1. The van der Waals surface area contributed by atoms with Gasteiger partial charge in [0, 0.05) is 14.2 Å². The first-order valence-corrected chi connectivity index (χ1v) is 14.0. The number of halogens is 2. The van der Waals surface area contributed by atoms with Gasteiger partial charge >= 0.3 is 0 Å². The topological polar surface area (TPSA) is 92.3 Å². The molecule has 0 N–H and O–H groups in total. The lowest BCUT2D eigenvalue weighted by atomic mass is 10.3. The smallest absolute Gasteiger partial charge is 0.134 e. The fourth-order valence-electron chi connectivity index (χ4n) is 2.52. The molecule has 0 bridgehead atoms. The van der Waals surface area contributed by atoms with Crippen LogP contribution < -0.4 is 9.47 Å². The molecule has 1 aromatic carbocycles. The van der Waals surface area contributed by atoms with E-state index in [2.05, 4.69) is 45.2 Å². The standard InChI is InChI=1S/C24H40I2O10/c1-27-3-5-29-7-9-31-11-13-33-15-17-35-23-19-22(26)24(20-21(23)25)36-18-16-34-14-12-32-10-8-30-6-4-28-2/h19-20H,3-18H2,1-2H3. The first-order valence-electron chi connectivity index (χ1n) is 11.9. The molecule has 210 valence electrons. The van der Waals surface area contributed by atoms with Gasteiger partial charge in [-0.15, -0.1) is 0 Å². The summed E-state index contributed by atoms with van der Waals surface area (Å²) in [5.74, 6) is 1.61. The fourth-order valence-corrected chi connectivity index (χ4v) is 3.71. The van der Waals surface area contributed by atoms with E-state index in [0.717, 1.165) is 18.6 Å². The molecule has 36 heavy (non-hydrogen) atoms. The van der Waals surface area contributed by atoms with Crippen LogP contribution in [-0.2, 0) is 37.9 Å². The van der Waals surface area contributed by atoms with Crippen molar-refractivity contribution in [1.29, 1.82) is 0 Å². The molecule has 0 spiro atoms. The molecule has 1 aromatic rings. The molecular formula is C24H40I2O10. The molecule has 0 unspecified atom stereocenters. The largest absolute Gasteiger partial charge is 0.490 e. The Labute approximate surface area is 242 Å². The summed E-state index contributed by atoms with van der Waals surface area (Å²) in [5.41, 5.74) is 0. The normalized spacial score (nSPS) is 11.2. The number of hydrogen-bond acceptors (Lipinski definition) is 10. The molecule has 0 amide bonds. The van der Waals surface area contributed by atoms with Gasteiger partial charge in [-0.25, -0.2) is 0 Å². The first-order chi connectivity index (χ1) is 17.7. The van der Waals surface area contributed by atoms with Crippen molar-refractivity contribution in [2.75, 3.05) is 120 Å². The SMILES string of the molecule is COCCOCCOCCOCCOc1cc(I)c(OCCOCCOCCOCCOC)cc1I. The fraction of sp³-hybridized carbons (Fsp3) is 0.750. The highest BCUT2D eigenvalue weighted by molar-refractivity contribution is 14.1. The Morgan fingerprint density at radius 2 is 0.667 bits per heavy atom. The third kappa shape index (κ3) is 19.1. The van der Waals surface area contributed by atoms with Crippen molar-refractivity contribution < 1.29 is 47.4 Å². The minimum absolute atomic E-state index is 0.460. The van der Waals surface area contributed by atoms with Crippen molar-refractivity contribution in [3.05, 3.63) is 19.3 Å². The van der Waals surface area contributed by atoms with E-state index in [-0.39, 0.29) is 0 Å². The number of methoxy groups -OCH3 is 2. The van der Waals surface area contributed by atoms with Gasteiger partial charge in [0.2, 0.25) is 0 Å². The number of ether oxygens (including phenoxy) is 10. The van der Waals surface area contributed by atoms with Crippen LogP contribution >= 0.6 is 45.2 Å².